The molecule has 1 aliphatic carbocycles. The summed E-state index contributed by atoms with van der Waals surface area (Å²) in [6.07, 6.45) is 6.25. The van der Waals surface area contributed by atoms with Crippen molar-refractivity contribution in [3.05, 3.63) is 28.8 Å². The third kappa shape index (κ3) is 2.06. The summed E-state index contributed by atoms with van der Waals surface area (Å²) in [7, 11) is 0. The summed E-state index contributed by atoms with van der Waals surface area (Å²) < 4.78 is 8.48. The molecule has 1 fully saturated rings. The fourth-order valence-electron chi connectivity index (χ4n) is 2.44. The van der Waals surface area contributed by atoms with Crippen molar-refractivity contribution in [1.29, 1.82) is 0 Å². The minimum Gasteiger partial charge on any atom is -0.393 e. The Morgan fingerprint density at radius 3 is 2.95 bits per heavy atom. The first-order valence-corrected chi connectivity index (χ1v) is 7.13. The van der Waals surface area contributed by atoms with Gasteiger partial charge in [-0.15, -0.1) is 0 Å². The first kappa shape index (κ1) is 13.3. The Bertz CT molecular complexity index is 806. The fourth-order valence-corrected chi connectivity index (χ4v) is 2.44. The number of nitrogens with two attached hydrogens (primary N) is 1. The SMILES string of the molecule is Nc1nc2c(ncn2[C@H]2C=C[C@@H](CO)O2)c(=O)n1NC1CC1. The highest BCUT2D eigenvalue weighted by atomic mass is 16.5. The molecule has 2 aromatic heterocycles. The number of nitrogen functional groups attached to an aromatic ring is 1. The fraction of sp³-hybridized carbons (Fsp3) is 0.462. The van der Waals surface area contributed by atoms with Crippen molar-refractivity contribution < 1.29 is 9.84 Å². The number of fused-ring (bicyclic) bond motifs is 1. The number of nitrogens with one attached hydrogen (secondary N) is 1. The van der Waals surface area contributed by atoms with E-state index in [4.69, 9.17) is 15.6 Å². The summed E-state index contributed by atoms with van der Waals surface area (Å²) in [6.45, 7) is -0.104. The molecule has 2 aromatic rings. The lowest BCUT2D eigenvalue weighted by Gasteiger charge is -2.15. The Labute approximate surface area is 125 Å². The zero-order valence-corrected chi connectivity index (χ0v) is 11.7. The molecule has 3 heterocycles. The van der Waals surface area contributed by atoms with Crippen LogP contribution < -0.4 is 16.7 Å². The van der Waals surface area contributed by atoms with Crippen molar-refractivity contribution >= 4 is 17.1 Å². The van der Waals surface area contributed by atoms with Crippen molar-refractivity contribution in [2.45, 2.75) is 31.2 Å². The van der Waals surface area contributed by atoms with E-state index in [0.29, 0.717) is 5.65 Å². The first-order chi connectivity index (χ1) is 10.7. The van der Waals surface area contributed by atoms with Gasteiger partial charge in [-0.3, -0.25) is 9.36 Å². The summed E-state index contributed by atoms with van der Waals surface area (Å²) in [5.74, 6) is 0.0897. The number of aliphatic hydroxyl groups is 1. The molecule has 1 aliphatic heterocycles. The van der Waals surface area contributed by atoms with Gasteiger partial charge in [0.1, 0.15) is 6.10 Å². The van der Waals surface area contributed by atoms with Gasteiger partial charge in [0.05, 0.1) is 12.9 Å². The lowest BCUT2D eigenvalue weighted by molar-refractivity contribution is -0.00638. The Morgan fingerprint density at radius 2 is 2.27 bits per heavy atom. The van der Waals surface area contributed by atoms with Gasteiger partial charge in [-0.25, -0.2) is 4.98 Å². The molecule has 2 aliphatic rings. The quantitative estimate of drug-likeness (QED) is 0.640. The Hall–Kier alpha value is -2.39. The molecule has 22 heavy (non-hydrogen) atoms. The van der Waals surface area contributed by atoms with Crippen molar-refractivity contribution in [2.75, 3.05) is 17.8 Å². The number of imidazole rings is 1. The number of rotatable bonds is 4. The van der Waals surface area contributed by atoms with E-state index < -0.39 is 6.23 Å². The zero-order valence-electron chi connectivity index (χ0n) is 11.7. The van der Waals surface area contributed by atoms with Crippen LogP contribution in [0, 0.1) is 0 Å². The van der Waals surface area contributed by atoms with Gasteiger partial charge in [-0.2, -0.15) is 9.66 Å². The molecule has 0 radical (unpaired) electrons. The van der Waals surface area contributed by atoms with Crippen LogP contribution in [0.15, 0.2) is 23.3 Å². The van der Waals surface area contributed by atoms with Crippen LogP contribution in [0.2, 0.25) is 0 Å². The second kappa shape index (κ2) is 4.82. The van der Waals surface area contributed by atoms with Crippen molar-refractivity contribution in [3.63, 3.8) is 0 Å². The molecular weight excluding hydrogens is 288 g/mol. The van der Waals surface area contributed by atoms with Crippen molar-refractivity contribution in [2.24, 2.45) is 0 Å². The van der Waals surface area contributed by atoms with Crippen LogP contribution in [0.25, 0.3) is 11.2 Å². The van der Waals surface area contributed by atoms with E-state index in [1.807, 2.05) is 0 Å². The molecule has 4 N–H and O–H groups in total. The maximum absolute atomic E-state index is 12.5. The van der Waals surface area contributed by atoms with Crippen molar-refractivity contribution in [3.8, 4) is 0 Å². The van der Waals surface area contributed by atoms with E-state index in [0.717, 1.165) is 12.8 Å². The number of anilines is 1. The van der Waals surface area contributed by atoms with Gasteiger partial charge < -0.3 is 21.0 Å². The zero-order chi connectivity index (χ0) is 15.3. The molecule has 0 saturated heterocycles. The summed E-state index contributed by atoms with van der Waals surface area (Å²) in [5, 5.41) is 9.11. The molecule has 1 saturated carbocycles. The Morgan fingerprint density at radius 1 is 1.45 bits per heavy atom. The van der Waals surface area contributed by atoms with Gasteiger partial charge in [0.2, 0.25) is 5.95 Å². The maximum atomic E-state index is 12.5. The minimum atomic E-state index is -0.458. The lowest BCUT2D eigenvalue weighted by atomic mass is 10.4. The van der Waals surface area contributed by atoms with Crippen molar-refractivity contribution in [1.82, 2.24) is 19.2 Å². The van der Waals surface area contributed by atoms with Gasteiger partial charge >= 0.3 is 5.56 Å². The third-order valence-electron chi connectivity index (χ3n) is 3.77. The number of hydrogen-bond donors (Lipinski definition) is 3. The molecule has 4 rings (SSSR count). The second-order valence-corrected chi connectivity index (χ2v) is 5.47. The molecule has 9 nitrogen and oxygen atoms in total. The average molecular weight is 304 g/mol. The van der Waals surface area contributed by atoms with E-state index >= 15 is 0 Å². The largest absolute Gasteiger partial charge is 0.393 e. The van der Waals surface area contributed by atoms with Crippen LogP contribution >= 0.6 is 0 Å². The monoisotopic (exact) mass is 304 g/mol. The van der Waals surface area contributed by atoms with Gasteiger partial charge in [-0.1, -0.05) is 6.08 Å². The van der Waals surface area contributed by atoms with Gasteiger partial charge in [0, 0.05) is 6.04 Å². The third-order valence-corrected chi connectivity index (χ3v) is 3.77. The summed E-state index contributed by atoms with van der Waals surface area (Å²) >= 11 is 0. The van der Waals surface area contributed by atoms with Crippen LogP contribution in [-0.4, -0.2) is 43.1 Å². The van der Waals surface area contributed by atoms with Crippen LogP contribution in [0.5, 0.6) is 0 Å². The number of aliphatic hydroxyl groups excluding tert-OH is 1. The molecule has 116 valence electrons. The molecule has 9 heteroatoms. The minimum absolute atomic E-state index is 0.0897. The summed E-state index contributed by atoms with van der Waals surface area (Å²) in [5.41, 5.74) is 9.19. The van der Waals surface area contributed by atoms with E-state index in [9.17, 15) is 4.79 Å². The Balaban J connectivity index is 1.76. The van der Waals surface area contributed by atoms with E-state index in [1.54, 1.807) is 16.7 Å². The van der Waals surface area contributed by atoms with Crippen LogP contribution in [0.4, 0.5) is 5.95 Å². The second-order valence-electron chi connectivity index (χ2n) is 5.47. The highest BCUT2D eigenvalue weighted by Crippen LogP contribution is 2.24. The predicted octanol–water partition coefficient (Wildman–Crippen LogP) is -0.673. The highest BCUT2D eigenvalue weighted by Gasteiger charge is 2.26. The van der Waals surface area contributed by atoms with Crippen LogP contribution in [0.3, 0.4) is 0 Å². The lowest BCUT2D eigenvalue weighted by Crippen LogP contribution is -2.33. The normalized spacial score (nSPS) is 24.2. The molecular formula is C13H16N6O3. The van der Waals surface area contributed by atoms with Crippen LogP contribution in [0.1, 0.15) is 19.1 Å². The van der Waals surface area contributed by atoms with Gasteiger partial charge in [-0.05, 0) is 18.9 Å². The molecule has 0 bridgehead atoms. The van der Waals surface area contributed by atoms with E-state index in [1.165, 1.54) is 11.0 Å². The number of aromatic nitrogens is 4. The smallest absolute Gasteiger partial charge is 0.301 e. The Kier molecular flexibility index (Phi) is 2.91. The summed E-state index contributed by atoms with van der Waals surface area (Å²) in [4.78, 5) is 20.9. The van der Waals surface area contributed by atoms with Crippen LogP contribution in [-0.2, 0) is 4.74 Å². The predicted molar refractivity (Wildman–Crippen MR) is 78.7 cm³/mol. The molecule has 2 atom stereocenters. The topological polar surface area (TPSA) is 120 Å². The molecule has 0 amide bonds. The number of ether oxygens (including phenoxy) is 1. The standard InChI is InChI=1S/C13H16N6O3/c14-13-16-11-10(12(21)19(13)17-7-1-2-7)15-6-18(11)9-4-3-8(5-20)22-9/h3-4,6-9,17,20H,1-2,5H2,(H2,14,16)/t8-,9+/m0/s1. The van der Waals surface area contributed by atoms with Gasteiger partial charge in [0.25, 0.3) is 0 Å². The average Bonchev–Trinajstić information content (AvgIpc) is 3.04. The van der Waals surface area contributed by atoms with Gasteiger partial charge in [0.15, 0.2) is 17.4 Å². The number of hydrogen-bond acceptors (Lipinski definition) is 7. The highest BCUT2D eigenvalue weighted by molar-refractivity contribution is 5.71. The molecule has 0 spiro atoms. The van der Waals surface area contributed by atoms with E-state index in [-0.39, 0.29) is 35.8 Å². The molecule has 0 aromatic carbocycles. The maximum Gasteiger partial charge on any atom is 0.301 e. The summed E-state index contributed by atoms with van der Waals surface area (Å²) in [6, 6.07) is 0.271. The number of nitrogens with zero attached hydrogens (tertiary/aromatic N) is 4. The molecule has 0 unspecified atom stereocenters. The first-order valence-electron chi connectivity index (χ1n) is 7.13. The van der Waals surface area contributed by atoms with E-state index in [2.05, 4.69) is 15.4 Å².